The van der Waals surface area contributed by atoms with E-state index in [4.69, 9.17) is 4.74 Å². The Hall–Kier alpha value is -0.420. The molecule has 1 heterocycles. The number of rotatable bonds is 8. The molecule has 0 radical (unpaired) electrons. The molecule has 0 spiro atoms. The van der Waals surface area contributed by atoms with Crippen molar-refractivity contribution < 1.29 is 4.74 Å². The minimum absolute atomic E-state index is 0.143. The molecular weight excluding hydrogens is 268 g/mol. The summed E-state index contributed by atoms with van der Waals surface area (Å²) < 4.78 is 5.40. The quantitative estimate of drug-likeness (QED) is 0.798. The zero-order valence-electron chi connectivity index (χ0n) is 13.8. The molecule has 4 heteroatoms. The number of hydrogen-bond donors (Lipinski definition) is 1. The van der Waals surface area contributed by atoms with Crippen molar-refractivity contribution in [2.75, 3.05) is 27.3 Å². The van der Waals surface area contributed by atoms with E-state index in [0.29, 0.717) is 12.1 Å². The molecule has 0 saturated carbocycles. The zero-order chi connectivity index (χ0) is 15.2. The third kappa shape index (κ3) is 6.35. The van der Waals surface area contributed by atoms with Gasteiger partial charge in [-0.1, -0.05) is 6.07 Å². The molecule has 2 atom stereocenters. The highest BCUT2D eigenvalue weighted by atomic mass is 32.1. The average molecular weight is 298 g/mol. The molecule has 1 N–H and O–H groups in total. The Bertz CT molecular complexity index is 359. The smallest absolute Gasteiger partial charge is 0.0630 e. The van der Waals surface area contributed by atoms with Crippen LogP contribution in [0.5, 0.6) is 0 Å². The lowest BCUT2D eigenvalue weighted by atomic mass is 10.1. The first-order valence-corrected chi connectivity index (χ1v) is 8.19. The Morgan fingerprint density at radius 2 is 2.10 bits per heavy atom. The fourth-order valence-corrected chi connectivity index (χ4v) is 2.99. The number of nitrogens with one attached hydrogen (secondary N) is 1. The summed E-state index contributed by atoms with van der Waals surface area (Å²) in [5.74, 6) is 0. The van der Waals surface area contributed by atoms with Gasteiger partial charge in [0.15, 0.2) is 0 Å². The first-order valence-electron chi connectivity index (χ1n) is 7.31. The van der Waals surface area contributed by atoms with Crippen molar-refractivity contribution in [1.29, 1.82) is 0 Å². The van der Waals surface area contributed by atoms with Crippen molar-refractivity contribution in [1.82, 2.24) is 10.2 Å². The molecule has 0 bridgehead atoms. The first kappa shape index (κ1) is 17.6. The van der Waals surface area contributed by atoms with E-state index >= 15 is 0 Å². The van der Waals surface area contributed by atoms with Gasteiger partial charge in [-0.05, 0) is 52.6 Å². The molecule has 0 fully saturated rings. The molecule has 0 amide bonds. The van der Waals surface area contributed by atoms with Crippen molar-refractivity contribution in [3.63, 3.8) is 0 Å². The van der Waals surface area contributed by atoms with Crippen LogP contribution in [0.3, 0.4) is 0 Å². The van der Waals surface area contributed by atoms with Gasteiger partial charge in [-0.3, -0.25) is 4.90 Å². The van der Waals surface area contributed by atoms with Gasteiger partial charge in [0.2, 0.25) is 0 Å². The summed E-state index contributed by atoms with van der Waals surface area (Å²) in [6.45, 7) is 10.6. The fraction of sp³-hybridized carbons (Fsp3) is 0.750. The molecule has 1 rings (SSSR count). The number of methoxy groups -OCH3 is 1. The molecule has 20 heavy (non-hydrogen) atoms. The maximum absolute atomic E-state index is 5.40. The second-order valence-corrected chi connectivity index (χ2v) is 7.57. The number of ether oxygens (including phenoxy) is 1. The summed E-state index contributed by atoms with van der Waals surface area (Å²) in [6.07, 6.45) is 1.10. The molecule has 0 saturated heterocycles. The van der Waals surface area contributed by atoms with E-state index < -0.39 is 0 Å². The molecule has 0 aromatic carbocycles. The van der Waals surface area contributed by atoms with E-state index in [1.807, 2.05) is 11.3 Å². The van der Waals surface area contributed by atoms with Crippen LogP contribution in [0, 0.1) is 0 Å². The highest BCUT2D eigenvalue weighted by Crippen LogP contribution is 2.15. The maximum Gasteiger partial charge on any atom is 0.0630 e. The molecule has 0 aliphatic heterocycles. The van der Waals surface area contributed by atoms with E-state index in [1.54, 1.807) is 7.11 Å². The Morgan fingerprint density at radius 3 is 2.60 bits per heavy atom. The Labute approximate surface area is 128 Å². The monoisotopic (exact) mass is 298 g/mol. The van der Waals surface area contributed by atoms with Gasteiger partial charge < -0.3 is 10.1 Å². The van der Waals surface area contributed by atoms with Crippen LogP contribution < -0.4 is 5.32 Å². The molecule has 1 aromatic rings. The van der Waals surface area contributed by atoms with E-state index in [-0.39, 0.29) is 5.54 Å². The third-order valence-electron chi connectivity index (χ3n) is 3.57. The van der Waals surface area contributed by atoms with E-state index in [9.17, 15) is 0 Å². The lowest BCUT2D eigenvalue weighted by Gasteiger charge is -2.35. The Kier molecular flexibility index (Phi) is 7.17. The second kappa shape index (κ2) is 8.13. The standard InChI is InChI=1S/C16H30N2OS/c1-13(10-15-8-7-9-20-15)18(5)14(12-19-6)11-17-16(2,3)4/h7-9,13-14,17H,10-12H2,1-6H3. The largest absolute Gasteiger partial charge is 0.383 e. The molecule has 2 unspecified atom stereocenters. The summed E-state index contributed by atoms with van der Waals surface area (Å²) in [7, 11) is 3.98. The Balaban J connectivity index is 2.55. The summed E-state index contributed by atoms with van der Waals surface area (Å²) in [4.78, 5) is 3.88. The number of thiophene rings is 1. The van der Waals surface area contributed by atoms with Crippen molar-refractivity contribution in [2.45, 2.75) is 51.7 Å². The topological polar surface area (TPSA) is 24.5 Å². The average Bonchev–Trinajstić information content (AvgIpc) is 2.85. The van der Waals surface area contributed by atoms with Gasteiger partial charge in [-0.25, -0.2) is 0 Å². The molecule has 0 aliphatic carbocycles. The minimum atomic E-state index is 0.143. The summed E-state index contributed by atoms with van der Waals surface area (Å²) in [6, 6.07) is 5.25. The Morgan fingerprint density at radius 1 is 1.40 bits per heavy atom. The van der Waals surface area contributed by atoms with Crippen LogP contribution in [0.25, 0.3) is 0 Å². The summed E-state index contributed by atoms with van der Waals surface area (Å²) in [5.41, 5.74) is 0.143. The van der Waals surface area contributed by atoms with Gasteiger partial charge in [-0.15, -0.1) is 11.3 Å². The molecule has 0 aliphatic rings. The molecule has 1 aromatic heterocycles. The molecule has 3 nitrogen and oxygen atoms in total. The van der Waals surface area contributed by atoms with Crippen LogP contribution in [0.2, 0.25) is 0 Å². The predicted octanol–water partition coefficient (Wildman–Crippen LogP) is 3.01. The lowest BCUT2D eigenvalue weighted by Crippen LogP contribution is -2.51. The van der Waals surface area contributed by atoms with Gasteiger partial charge in [0, 0.05) is 36.2 Å². The van der Waals surface area contributed by atoms with Crippen LogP contribution in [0.4, 0.5) is 0 Å². The van der Waals surface area contributed by atoms with Gasteiger partial charge >= 0.3 is 0 Å². The van der Waals surface area contributed by atoms with Crippen LogP contribution in [-0.2, 0) is 11.2 Å². The van der Waals surface area contributed by atoms with Crippen LogP contribution in [0.15, 0.2) is 17.5 Å². The maximum atomic E-state index is 5.40. The summed E-state index contributed by atoms with van der Waals surface area (Å²) in [5, 5.41) is 5.73. The van der Waals surface area contributed by atoms with Gasteiger partial charge in [-0.2, -0.15) is 0 Å². The van der Waals surface area contributed by atoms with Crippen LogP contribution in [0.1, 0.15) is 32.6 Å². The predicted molar refractivity (Wildman–Crippen MR) is 88.7 cm³/mol. The third-order valence-corrected chi connectivity index (χ3v) is 4.47. The van der Waals surface area contributed by atoms with Crippen LogP contribution >= 0.6 is 11.3 Å². The zero-order valence-corrected chi connectivity index (χ0v) is 14.6. The van der Waals surface area contributed by atoms with E-state index in [2.05, 4.69) is 62.5 Å². The van der Waals surface area contributed by atoms with Crippen molar-refractivity contribution >= 4 is 11.3 Å². The first-order chi connectivity index (χ1) is 9.33. The fourth-order valence-electron chi connectivity index (χ4n) is 2.16. The van der Waals surface area contributed by atoms with Crippen molar-refractivity contribution in [2.24, 2.45) is 0 Å². The minimum Gasteiger partial charge on any atom is -0.383 e. The highest BCUT2D eigenvalue weighted by molar-refractivity contribution is 7.09. The van der Waals surface area contributed by atoms with E-state index in [1.165, 1.54) is 4.88 Å². The number of hydrogen-bond acceptors (Lipinski definition) is 4. The highest BCUT2D eigenvalue weighted by Gasteiger charge is 2.22. The molecule has 116 valence electrons. The van der Waals surface area contributed by atoms with Gasteiger partial charge in [0.25, 0.3) is 0 Å². The van der Waals surface area contributed by atoms with Gasteiger partial charge in [0.05, 0.1) is 6.61 Å². The van der Waals surface area contributed by atoms with Crippen molar-refractivity contribution in [3.05, 3.63) is 22.4 Å². The number of likely N-dealkylation sites (N-methyl/N-ethyl adjacent to an activating group) is 1. The normalized spacial score (nSPS) is 15.6. The lowest BCUT2D eigenvalue weighted by molar-refractivity contribution is 0.0802. The van der Waals surface area contributed by atoms with Gasteiger partial charge in [0.1, 0.15) is 0 Å². The second-order valence-electron chi connectivity index (χ2n) is 6.54. The van der Waals surface area contributed by atoms with Crippen molar-refractivity contribution in [3.8, 4) is 0 Å². The van der Waals surface area contributed by atoms with E-state index in [0.717, 1.165) is 19.6 Å². The molecular formula is C16H30N2OS. The summed E-state index contributed by atoms with van der Waals surface area (Å²) >= 11 is 1.84. The number of nitrogens with zero attached hydrogens (tertiary/aromatic N) is 1. The van der Waals surface area contributed by atoms with Crippen LogP contribution in [-0.4, -0.2) is 49.8 Å². The SMILES string of the molecule is COCC(CNC(C)(C)C)N(C)C(C)Cc1cccs1.